The summed E-state index contributed by atoms with van der Waals surface area (Å²) in [5.74, 6) is 2.24. The summed E-state index contributed by atoms with van der Waals surface area (Å²) in [5, 5.41) is 8.79. The maximum Gasteiger partial charge on any atom is 0.130 e. The fourth-order valence-electron chi connectivity index (χ4n) is 4.30. The molecule has 0 amide bonds. The van der Waals surface area contributed by atoms with Gasteiger partial charge in [-0.25, -0.2) is 5.48 Å². The van der Waals surface area contributed by atoms with E-state index in [1.165, 1.54) is 11.1 Å². The van der Waals surface area contributed by atoms with Crippen molar-refractivity contribution in [2.75, 3.05) is 20.3 Å². The average molecular weight is 496 g/mol. The van der Waals surface area contributed by atoms with Gasteiger partial charge in [-0.05, 0) is 58.5 Å². The summed E-state index contributed by atoms with van der Waals surface area (Å²) in [5.41, 5.74) is 8.76. The third-order valence-electron chi connectivity index (χ3n) is 6.09. The number of nitrogens with one attached hydrogen (secondary N) is 1. The molecule has 4 rings (SSSR count). The fourth-order valence-corrected chi connectivity index (χ4v) is 4.30. The van der Waals surface area contributed by atoms with Crippen LogP contribution in [0.5, 0.6) is 17.2 Å². The van der Waals surface area contributed by atoms with Gasteiger partial charge in [0.1, 0.15) is 30.5 Å². The highest BCUT2D eigenvalue weighted by Crippen LogP contribution is 2.40. The van der Waals surface area contributed by atoms with Crippen LogP contribution >= 0.6 is 0 Å². The Labute approximate surface area is 218 Å². The van der Waals surface area contributed by atoms with E-state index in [1.807, 2.05) is 60.7 Å². The Kier molecular flexibility index (Phi) is 9.35. The number of methoxy groups -OCH3 is 1. The van der Waals surface area contributed by atoms with E-state index >= 15 is 0 Å². The van der Waals surface area contributed by atoms with Gasteiger partial charge in [-0.15, -0.1) is 0 Å². The Bertz CT molecular complexity index is 1290. The SMILES string of the molecule is CC/C(=C(/c1ccc(OCCNO)cc1)c1ccc(OCc2ccccc2)cc1OC)c1ccccc1. The Hall–Kier alpha value is -4.06. The molecule has 0 aliphatic heterocycles. The molecule has 4 aromatic rings. The molecular weight excluding hydrogens is 462 g/mol. The van der Waals surface area contributed by atoms with E-state index < -0.39 is 0 Å². The molecule has 4 aromatic carbocycles. The van der Waals surface area contributed by atoms with Crippen molar-refractivity contribution in [2.45, 2.75) is 20.0 Å². The Morgan fingerprint density at radius 1 is 0.757 bits per heavy atom. The number of rotatable bonds is 12. The topological polar surface area (TPSA) is 60.0 Å². The first-order valence-corrected chi connectivity index (χ1v) is 12.5. The zero-order chi connectivity index (χ0) is 25.9. The Morgan fingerprint density at radius 2 is 1.43 bits per heavy atom. The van der Waals surface area contributed by atoms with E-state index in [0.717, 1.165) is 45.9 Å². The molecule has 0 spiro atoms. The molecule has 0 atom stereocenters. The van der Waals surface area contributed by atoms with E-state index in [0.29, 0.717) is 19.8 Å². The lowest BCUT2D eigenvalue weighted by Gasteiger charge is -2.20. The predicted octanol–water partition coefficient (Wildman–Crippen LogP) is 7.00. The molecule has 0 aromatic heterocycles. The molecule has 5 nitrogen and oxygen atoms in total. The molecule has 0 saturated heterocycles. The van der Waals surface area contributed by atoms with Crippen molar-refractivity contribution in [3.63, 3.8) is 0 Å². The second-order valence-corrected chi connectivity index (χ2v) is 8.49. The first kappa shape index (κ1) is 26.0. The van der Waals surface area contributed by atoms with Crippen molar-refractivity contribution in [3.8, 4) is 17.2 Å². The Balaban J connectivity index is 1.74. The fraction of sp³-hybridized carbons (Fsp3) is 0.188. The summed E-state index contributed by atoms with van der Waals surface area (Å²) in [6.45, 7) is 3.40. The van der Waals surface area contributed by atoms with Crippen molar-refractivity contribution in [2.24, 2.45) is 0 Å². The molecule has 0 heterocycles. The number of hydroxylamine groups is 1. The van der Waals surface area contributed by atoms with Gasteiger partial charge in [0, 0.05) is 11.6 Å². The highest BCUT2D eigenvalue weighted by atomic mass is 16.5. The minimum absolute atomic E-state index is 0.358. The molecule has 0 bridgehead atoms. The standard InChI is InChI=1S/C32H33NO4/c1-3-29(25-12-8-5-9-13-25)32(26-14-16-27(17-15-26)36-21-20-33-34)30-19-18-28(22-31(30)35-2)37-23-24-10-6-4-7-11-24/h4-19,22,33-34H,3,20-21,23H2,1-2H3/b32-29+. The van der Waals surface area contributed by atoms with Crippen molar-refractivity contribution >= 4 is 11.1 Å². The van der Waals surface area contributed by atoms with Gasteiger partial charge < -0.3 is 19.4 Å². The van der Waals surface area contributed by atoms with Crippen LogP contribution in [0.1, 0.15) is 35.6 Å². The molecule has 0 fully saturated rings. The van der Waals surface area contributed by atoms with Crippen LogP contribution in [0.4, 0.5) is 0 Å². The van der Waals surface area contributed by atoms with Gasteiger partial charge in [-0.2, -0.15) is 0 Å². The number of ether oxygens (including phenoxy) is 3. The minimum Gasteiger partial charge on any atom is -0.496 e. The van der Waals surface area contributed by atoms with Gasteiger partial charge in [-0.1, -0.05) is 79.7 Å². The smallest absolute Gasteiger partial charge is 0.130 e. The van der Waals surface area contributed by atoms with Crippen LogP contribution in [0.3, 0.4) is 0 Å². The van der Waals surface area contributed by atoms with Crippen LogP contribution in [0, 0.1) is 0 Å². The summed E-state index contributed by atoms with van der Waals surface area (Å²) in [6, 6.07) is 34.6. The second kappa shape index (κ2) is 13.3. The third kappa shape index (κ3) is 6.79. The minimum atomic E-state index is 0.358. The first-order chi connectivity index (χ1) is 18.2. The first-order valence-electron chi connectivity index (χ1n) is 12.5. The van der Waals surface area contributed by atoms with Crippen molar-refractivity contribution in [1.29, 1.82) is 0 Å². The highest BCUT2D eigenvalue weighted by molar-refractivity contribution is 6.00. The normalized spacial score (nSPS) is 11.5. The molecule has 0 aliphatic rings. The maximum atomic E-state index is 8.79. The lowest BCUT2D eigenvalue weighted by atomic mass is 9.87. The van der Waals surface area contributed by atoms with E-state index in [2.05, 4.69) is 54.9 Å². The van der Waals surface area contributed by atoms with E-state index in [4.69, 9.17) is 19.4 Å². The third-order valence-corrected chi connectivity index (χ3v) is 6.09. The predicted molar refractivity (Wildman–Crippen MR) is 148 cm³/mol. The number of hydrogen-bond acceptors (Lipinski definition) is 5. The van der Waals surface area contributed by atoms with Crippen LogP contribution in [0.15, 0.2) is 103 Å². The van der Waals surface area contributed by atoms with Gasteiger partial charge in [-0.3, -0.25) is 0 Å². The zero-order valence-corrected chi connectivity index (χ0v) is 21.3. The molecule has 2 N–H and O–H groups in total. The molecular formula is C32H33NO4. The molecule has 5 heteroatoms. The molecule has 190 valence electrons. The monoisotopic (exact) mass is 495 g/mol. The Morgan fingerprint density at radius 3 is 2.08 bits per heavy atom. The summed E-state index contributed by atoms with van der Waals surface area (Å²) >= 11 is 0. The lowest BCUT2D eigenvalue weighted by molar-refractivity contribution is 0.145. The van der Waals surface area contributed by atoms with Crippen LogP contribution in [0.2, 0.25) is 0 Å². The van der Waals surface area contributed by atoms with E-state index in [1.54, 1.807) is 7.11 Å². The summed E-state index contributed by atoms with van der Waals surface area (Å²) in [6.07, 6.45) is 0.842. The summed E-state index contributed by atoms with van der Waals surface area (Å²) in [4.78, 5) is 0. The van der Waals surface area contributed by atoms with Gasteiger partial charge in [0.05, 0.1) is 13.7 Å². The van der Waals surface area contributed by atoms with E-state index in [9.17, 15) is 0 Å². The lowest BCUT2D eigenvalue weighted by Crippen LogP contribution is -2.16. The van der Waals surface area contributed by atoms with Crippen molar-refractivity contribution in [1.82, 2.24) is 5.48 Å². The highest BCUT2D eigenvalue weighted by Gasteiger charge is 2.18. The van der Waals surface area contributed by atoms with Gasteiger partial charge in [0.25, 0.3) is 0 Å². The molecule has 0 aliphatic carbocycles. The number of benzene rings is 4. The number of allylic oxidation sites excluding steroid dienone is 1. The molecule has 0 saturated carbocycles. The van der Waals surface area contributed by atoms with Gasteiger partial charge in [0.15, 0.2) is 0 Å². The quantitative estimate of drug-likeness (QED) is 0.126. The summed E-state index contributed by atoms with van der Waals surface area (Å²) in [7, 11) is 1.69. The van der Waals surface area contributed by atoms with E-state index in [-0.39, 0.29) is 0 Å². The van der Waals surface area contributed by atoms with Crippen molar-refractivity contribution in [3.05, 3.63) is 125 Å². The van der Waals surface area contributed by atoms with Gasteiger partial charge in [0.2, 0.25) is 0 Å². The van der Waals surface area contributed by atoms with Crippen LogP contribution in [-0.4, -0.2) is 25.5 Å². The summed E-state index contributed by atoms with van der Waals surface area (Å²) < 4.78 is 17.7. The molecule has 0 unspecified atom stereocenters. The van der Waals surface area contributed by atoms with Gasteiger partial charge >= 0.3 is 0 Å². The second-order valence-electron chi connectivity index (χ2n) is 8.49. The zero-order valence-electron chi connectivity index (χ0n) is 21.3. The molecule has 0 radical (unpaired) electrons. The van der Waals surface area contributed by atoms with Crippen LogP contribution in [-0.2, 0) is 6.61 Å². The van der Waals surface area contributed by atoms with Crippen LogP contribution < -0.4 is 19.7 Å². The van der Waals surface area contributed by atoms with Crippen LogP contribution in [0.25, 0.3) is 11.1 Å². The van der Waals surface area contributed by atoms with Crippen molar-refractivity contribution < 1.29 is 19.4 Å². The number of hydrogen-bond donors (Lipinski definition) is 2. The average Bonchev–Trinajstić information content (AvgIpc) is 2.96. The largest absolute Gasteiger partial charge is 0.496 e. The maximum absolute atomic E-state index is 8.79. The molecule has 37 heavy (non-hydrogen) atoms.